The minimum Gasteiger partial charge on any atom is -0.497 e. The quantitative estimate of drug-likeness (QED) is 0.0915. The van der Waals surface area contributed by atoms with Crippen molar-refractivity contribution in [1.29, 1.82) is 0 Å². The Kier molecular flexibility index (Phi) is 14.1. The van der Waals surface area contributed by atoms with Gasteiger partial charge >= 0.3 is 12.0 Å². The number of carbonyl (C=O) groups excluding carboxylic acids is 4. The molecule has 0 bridgehead atoms. The van der Waals surface area contributed by atoms with E-state index in [9.17, 15) is 29.1 Å². The zero-order valence-electron chi connectivity index (χ0n) is 38.0. The van der Waals surface area contributed by atoms with E-state index >= 15 is 0 Å². The van der Waals surface area contributed by atoms with Gasteiger partial charge in [-0.2, -0.15) is 0 Å². The number of methoxy groups -OCH3 is 1. The molecule has 350 valence electrons. The number of fused-ring (bicyclic) bond motifs is 3. The maximum atomic E-state index is 15.0. The Morgan fingerprint density at radius 1 is 1.02 bits per heavy atom. The number of aromatic nitrogens is 2. The predicted octanol–water partition coefficient (Wildman–Crippen LogP) is 6.51. The Hall–Kier alpha value is -6.23. The summed E-state index contributed by atoms with van der Waals surface area (Å²) in [6, 6.07) is 13.5. The molecule has 4 aliphatic rings. The molecule has 1 unspecified atom stereocenters. The fraction of sp³-hybridized carbons (Fsp3) is 0.490. The molecular weight excluding hydrogens is 861 g/mol. The third kappa shape index (κ3) is 10.4. The van der Waals surface area contributed by atoms with Gasteiger partial charge in [-0.3, -0.25) is 14.4 Å². The van der Waals surface area contributed by atoms with Crippen LogP contribution in [0.25, 0.3) is 22.3 Å². The number of anilines is 1. The highest BCUT2D eigenvalue weighted by atomic mass is 32.1. The molecule has 2 aliphatic carbocycles. The molecule has 3 fully saturated rings. The average molecular weight is 921 g/mol. The van der Waals surface area contributed by atoms with Crippen molar-refractivity contribution in [3.63, 3.8) is 0 Å². The van der Waals surface area contributed by atoms with E-state index in [1.54, 1.807) is 37.3 Å². The van der Waals surface area contributed by atoms with E-state index in [2.05, 4.69) is 21.3 Å². The van der Waals surface area contributed by atoms with E-state index in [1.807, 2.05) is 67.8 Å². The van der Waals surface area contributed by atoms with Crippen LogP contribution < -0.4 is 30.7 Å². The van der Waals surface area contributed by atoms with Crippen LogP contribution in [0, 0.1) is 11.8 Å². The molecule has 2 aliphatic heterocycles. The number of thiazole rings is 1. The van der Waals surface area contributed by atoms with E-state index in [4.69, 9.17) is 19.4 Å². The van der Waals surface area contributed by atoms with E-state index in [1.165, 1.54) is 16.2 Å². The second-order valence-corrected chi connectivity index (χ2v) is 19.2. The number of ether oxygens (including phenoxy) is 2. The van der Waals surface area contributed by atoms with Gasteiger partial charge in [0.15, 0.2) is 5.13 Å². The molecule has 2 aromatic heterocycles. The highest BCUT2D eigenvalue weighted by Gasteiger charge is 2.61. The van der Waals surface area contributed by atoms with Crippen LogP contribution in [0.1, 0.15) is 83.6 Å². The van der Waals surface area contributed by atoms with Crippen LogP contribution >= 0.6 is 11.3 Å². The predicted molar refractivity (Wildman–Crippen MR) is 251 cm³/mol. The molecule has 66 heavy (non-hydrogen) atoms. The second kappa shape index (κ2) is 20.1. The number of aliphatic carboxylic acids is 1. The van der Waals surface area contributed by atoms with Gasteiger partial charge in [0.2, 0.25) is 17.7 Å². The van der Waals surface area contributed by atoms with Crippen LogP contribution in [-0.2, 0) is 25.7 Å². The lowest BCUT2D eigenvalue weighted by Crippen LogP contribution is -2.59. The number of pyridine rings is 1. The van der Waals surface area contributed by atoms with Crippen molar-refractivity contribution in [2.75, 3.05) is 26.0 Å². The van der Waals surface area contributed by atoms with Gasteiger partial charge < -0.3 is 45.6 Å². The van der Waals surface area contributed by atoms with E-state index in [0.717, 1.165) is 42.8 Å². The number of carboxylic acids is 1. The number of likely N-dealkylation sites (N-methyl/N-ethyl adjacent to an activating group) is 1. The Morgan fingerprint density at radius 3 is 2.55 bits per heavy atom. The summed E-state index contributed by atoms with van der Waals surface area (Å²) in [5, 5.41) is 25.8. The summed E-state index contributed by atoms with van der Waals surface area (Å²) in [7, 11) is 3.30. The van der Waals surface area contributed by atoms with Crippen molar-refractivity contribution in [2.24, 2.45) is 11.8 Å². The molecule has 17 heteroatoms. The molecule has 2 aromatic carbocycles. The molecule has 4 heterocycles. The van der Waals surface area contributed by atoms with Gasteiger partial charge in [-0.1, -0.05) is 61.7 Å². The highest BCUT2D eigenvalue weighted by molar-refractivity contribution is 7.14. The molecule has 4 aromatic rings. The largest absolute Gasteiger partial charge is 0.497 e. The topological polar surface area (TPSA) is 204 Å². The first-order valence-electron chi connectivity index (χ1n) is 23.1. The number of urea groups is 1. The monoisotopic (exact) mass is 920 g/mol. The molecule has 16 nitrogen and oxygen atoms in total. The number of nitrogens with one attached hydrogen (secondary N) is 4. The van der Waals surface area contributed by atoms with Crippen molar-refractivity contribution >= 4 is 57.1 Å². The zero-order valence-corrected chi connectivity index (χ0v) is 38.8. The van der Waals surface area contributed by atoms with Crippen LogP contribution in [0.5, 0.6) is 11.5 Å². The summed E-state index contributed by atoms with van der Waals surface area (Å²) >= 11 is 1.46. The molecule has 2 saturated carbocycles. The Balaban J connectivity index is 1.07. The molecule has 8 rings (SSSR count). The van der Waals surface area contributed by atoms with Crippen molar-refractivity contribution in [3.8, 4) is 22.9 Å². The number of carboxylic acid groups (broad SMARTS) is 1. The summed E-state index contributed by atoms with van der Waals surface area (Å²) in [5.74, 6) is -1.84. The number of amides is 5. The molecule has 5 amide bonds. The van der Waals surface area contributed by atoms with Gasteiger partial charge in [0, 0.05) is 54.9 Å². The fourth-order valence-corrected chi connectivity index (χ4v) is 10.1. The maximum absolute atomic E-state index is 15.0. The minimum absolute atomic E-state index is 0.0257. The number of hydrogen-bond acceptors (Lipinski definition) is 11. The molecule has 5 N–H and O–H groups in total. The van der Waals surface area contributed by atoms with E-state index in [0.29, 0.717) is 53.2 Å². The van der Waals surface area contributed by atoms with Crippen LogP contribution in [0.4, 0.5) is 9.93 Å². The summed E-state index contributed by atoms with van der Waals surface area (Å²) in [6.45, 7) is 4.41. The average Bonchev–Trinajstić information content (AvgIpc) is 3.54. The van der Waals surface area contributed by atoms with Crippen LogP contribution in [0.15, 0.2) is 72.1 Å². The third-order valence-corrected chi connectivity index (χ3v) is 14.0. The SMILES string of the molecule is COc1ccc2c(O[C@@H]3C[C@H]4C(=O)N[C@]5(C(=O)O)CC5C=CCCCCC[C@H](NC(=O)N[C@H](C(=O)N(C)Cc5ccccc5)C5CCC5)C(=O)N4C3)cc(-c3csc(NC(C)C)n3)nc2c1. The maximum Gasteiger partial charge on any atom is 0.330 e. The van der Waals surface area contributed by atoms with Crippen molar-refractivity contribution < 1.29 is 38.6 Å². The normalized spacial score (nSPS) is 23.9. The number of benzene rings is 2. The Morgan fingerprint density at radius 2 is 1.82 bits per heavy atom. The van der Waals surface area contributed by atoms with Crippen molar-refractivity contribution in [1.82, 2.24) is 35.7 Å². The second-order valence-electron chi connectivity index (χ2n) is 18.4. The summed E-state index contributed by atoms with van der Waals surface area (Å²) in [5.41, 5.74) is 1.24. The highest BCUT2D eigenvalue weighted by Crippen LogP contribution is 2.46. The Labute approximate surface area is 388 Å². The van der Waals surface area contributed by atoms with Crippen molar-refractivity contribution in [3.05, 3.63) is 77.7 Å². The zero-order chi connectivity index (χ0) is 46.5. The van der Waals surface area contributed by atoms with Gasteiger partial charge in [-0.05, 0) is 76.0 Å². The van der Waals surface area contributed by atoms with Gasteiger partial charge in [0.1, 0.15) is 47.0 Å². The lowest BCUT2D eigenvalue weighted by atomic mass is 9.79. The number of allylic oxidation sites excluding steroid dienone is 1. The van der Waals surface area contributed by atoms with Gasteiger partial charge in [-0.25, -0.2) is 19.6 Å². The number of hydrogen-bond donors (Lipinski definition) is 5. The van der Waals surface area contributed by atoms with Gasteiger partial charge in [0.25, 0.3) is 0 Å². The summed E-state index contributed by atoms with van der Waals surface area (Å²) in [4.78, 5) is 82.9. The Bertz CT molecular complexity index is 2460. The first-order chi connectivity index (χ1) is 31.8. The first-order valence-corrected chi connectivity index (χ1v) is 24.0. The molecule has 0 radical (unpaired) electrons. The molecule has 1 saturated heterocycles. The van der Waals surface area contributed by atoms with E-state index in [-0.39, 0.29) is 43.7 Å². The van der Waals surface area contributed by atoms with E-state index < -0.39 is 59.5 Å². The van der Waals surface area contributed by atoms with Gasteiger partial charge in [0.05, 0.1) is 24.9 Å². The molecular formula is C49H60N8O8S. The molecule has 0 spiro atoms. The lowest BCUT2D eigenvalue weighted by molar-refractivity contribution is -0.145. The third-order valence-electron chi connectivity index (χ3n) is 13.2. The van der Waals surface area contributed by atoms with Crippen molar-refractivity contribution in [2.45, 2.75) is 120 Å². The van der Waals surface area contributed by atoms with Crippen LogP contribution in [0.3, 0.4) is 0 Å². The summed E-state index contributed by atoms with van der Waals surface area (Å²) in [6.07, 6.45) is 9.06. The smallest absolute Gasteiger partial charge is 0.330 e. The number of nitrogens with zero attached hydrogens (tertiary/aromatic N) is 4. The van der Waals surface area contributed by atoms with Crippen LogP contribution in [0.2, 0.25) is 0 Å². The first kappa shape index (κ1) is 46.3. The summed E-state index contributed by atoms with van der Waals surface area (Å²) < 4.78 is 12.3. The van der Waals surface area contributed by atoms with Gasteiger partial charge in [-0.15, -0.1) is 11.3 Å². The number of rotatable bonds is 13. The fourth-order valence-electron chi connectivity index (χ4n) is 9.23. The lowest BCUT2D eigenvalue weighted by Gasteiger charge is -2.36. The standard InChI is InChI=1S/C49H60N8O8S/c1-29(2)50-48-53-39(28-66-48)38-24-41(35-21-20-33(64-4)22-37(35)51-38)65-34-23-40-43(58)55-49(46(61)62)25-32(49)18-11-6-5-7-12-19-36(44(59)57(40)27-34)52-47(63)54-42(31-16-13-17-31)45(60)56(3)26-30-14-9-8-10-15-30/h8-11,14-15,18,20-22,24,28-29,31-32,34,36,40,42H,5-7,12-13,16-17,19,23,25-27H2,1-4H3,(H,50,53)(H,55,58)(H,61,62)(H2,52,54,63)/t32?,34-,36+,40+,42+,49-/m1/s1. The minimum atomic E-state index is -1.50. The molecule has 6 atom stereocenters. The number of carbonyl (C=O) groups is 5. The van der Waals surface area contributed by atoms with Crippen LogP contribution in [-0.4, -0.2) is 111 Å².